The topological polar surface area (TPSA) is 73.8 Å². The van der Waals surface area contributed by atoms with Crippen LogP contribution in [-0.4, -0.2) is 68.3 Å². The van der Waals surface area contributed by atoms with Crippen molar-refractivity contribution in [3.8, 4) is 0 Å². The third kappa shape index (κ3) is 6.44. The van der Waals surface area contributed by atoms with Gasteiger partial charge in [0.2, 0.25) is 10.0 Å². The molecule has 3 aromatic rings. The van der Waals surface area contributed by atoms with Gasteiger partial charge in [-0.05, 0) is 68.4 Å². The lowest BCUT2D eigenvalue weighted by atomic mass is 10.2. The van der Waals surface area contributed by atoms with E-state index in [4.69, 9.17) is 16.6 Å². The maximum atomic E-state index is 13.7. The molecule has 0 aliphatic heterocycles. The van der Waals surface area contributed by atoms with Crippen LogP contribution >= 0.6 is 22.9 Å². The Bertz CT molecular complexity index is 1290. The molecule has 0 radical (unpaired) electrons. The smallest absolute Gasteiger partial charge is 0.260 e. The number of aryl methyl sites for hydroxylation is 1. The average molecular weight is 551 g/mol. The van der Waals surface area contributed by atoms with Gasteiger partial charge in [0.05, 0.1) is 15.1 Å². The average Bonchev–Trinajstić information content (AvgIpc) is 3.29. The molecule has 1 heterocycles. The van der Waals surface area contributed by atoms with Crippen LogP contribution in [0.15, 0.2) is 41.3 Å². The fraction of sp³-hybridized carbons (Fsp3) is 0.462. The van der Waals surface area contributed by atoms with Crippen LogP contribution in [0.25, 0.3) is 10.2 Å². The van der Waals surface area contributed by atoms with E-state index in [0.29, 0.717) is 35.4 Å². The van der Waals surface area contributed by atoms with E-state index in [1.165, 1.54) is 27.8 Å². The fourth-order valence-corrected chi connectivity index (χ4v) is 6.58. The number of hydrogen-bond donors (Lipinski definition) is 0. The Morgan fingerprint density at radius 3 is 2.31 bits per heavy atom. The number of amides is 1. The number of likely N-dealkylation sites (N-methyl/N-ethyl adjacent to an activating group) is 1. The molecule has 0 atom stereocenters. The second-order valence-corrected chi connectivity index (χ2v) is 12.2. The van der Waals surface area contributed by atoms with E-state index in [0.717, 1.165) is 41.7 Å². The van der Waals surface area contributed by atoms with Crippen molar-refractivity contribution in [2.24, 2.45) is 0 Å². The maximum absolute atomic E-state index is 13.7. The van der Waals surface area contributed by atoms with E-state index >= 15 is 0 Å². The molecule has 0 aliphatic rings. The number of halogens is 1. The molecule has 0 spiro atoms. The van der Waals surface area contributed by atoms with Crippen molar-refractivity contribution < 1.29 is 13.2 Å². The van der Waals surface area contributed by atoms with Crippen LogP contribution in [0.5, 0.6) is 0 Å². The molecular weight excluding hydrogens is 516 g/mol. The molecule has 10 heteroatoms. The maximum Gasteiger partial charge on any atom is 0.260 e. The monoisotopic (exact) mass is 550 g/mol. The summed E-state index contributed by atoms with van der Waals surface area (Å²) in [5, 5.41) is 1.24. The summed E-state index contributed by atoms with van der Waals surface area (Å²) in [4.78, 5) is 22.6. The van der Waals surface area contributed by atoms with Gasteiger partial charge in [0.1, 0.15) is 0 Å². The second-order valence-electron chi connectivity index (χ2n) is 8.75. The molecule has 7 nitrogen and oxygen atoms in total. The first-order valence-electron chi connectivity index (χ1n) is 12.3. The summed E-state index contributed by atoms with van der Waals surface area (Å²) in [7, 11) is -2.02. The summed E-state index contributed by atoms with van der Waals surface area (Å²) < 4.78 is 28.0. The quantitative estimate of drug-likeness (QED) is 0.290. The number of fused-ring (bicyclic) bond motifs is 1. The van der Waals surface area contributed by atoms with E-state index in [2.05, 4.69) is 18.7 Å². The molecule has 3 rings (SSSR count). The van der Waals surface area contributed by atoms with Crippen molar-refractivity contribution in [1.29, 1.82) is 0 Å². The molecular formula is C26H35ClN4O3S2. The van der Waals surface area contributed by atoms with Crippen LogP contribution in [0.4, 0.5) is 5.13 Å². The number of sulfonamides is 1. The second kappa shape index (κ2) is 12.5. The standard InChI is InChI=1S/C26H35ClN4O3S2/c1-6-9-14-29(5)36(33,34)22-12-10-20(11-13-22)25(32)31(16-15-30(7-2)8-3)26-28-24-19(4)17-21(27)18-23(24)35-26/h10-13,17-18H,6-9,14-16H2,1-5H3. The van der Waals surface area contributed by atoms with Crippen molar-refractivity contribution in [2.75, 3.05) is 44.7 Å². The molecule has 196 valence electrons. The molecule has 2 aromatic carbocycles. The highest BCUT2D eigenvalue weighted by atomic mass is 35.5. The molecule has 0 bridgehead atoms. The Balaban J connectivity index is 1.93. The summed E-state index contributed by atoms with van der Waals surface area (Å²) in [6, 6.07) is 9.93. The Morgan fingerprint density at radius 2 is 1.69 bits per heavy atom. The highest BCUT2D eigenvalue weighted by Crippen LogP contribution is 2.33. The molecule has 1 amide bonds. The number of aromatic nitrogens is 1. The number of anilines is 1. The van der Waals surface area contributed by atoms with Gasteiger partial charge in [0.25, 0.3) is 5.91 Å². The third-order valence-corrected chi connectivity index (χ3v) is 9.40. The van der Waals surface area contributed by atoms with Gasteiger partial charge in [0.15, 0.2) is 5.13 Å². The number of rotatable bonds is 12. The zero-order valence-corrected chi connectivity index (χ0v) is 24.0. The molecule has 0 fully saturated rings. The minimum absolute atomic E-state index is 0.178. The zero-order chi connectivity index (χ0) is 26.5. The Morgan fingerprint density at radius 1 is 1.03 bits per heavy atom. The molecule has 0 aliphatic carbocycles. The highest BCUT2D eigenvalue weighted by Gasteiger charge is 2.24. The Labute approximate surface area is 223 Å². The van der Waals surface area contributed by atoms with Gasteiger partial charge >= 0.3 is 0 Å². The minimum Gasteiger partial charge on any atom is -0.302 e. The summed E-state index contributed by atoms with van der Waals surface area (Å²) >= 11 is 7.68. The number of nitrogens with zero attached hydrogens (tertiary/aromatic N) is 4. The van der Waals surface area contributed by atoms with E-state index < -0.39 is 10.0 Å². The number of carbonyl (C=O) groups excluding carboxylic acids is 1. The lowest BCUT2D eigenvalue weighted by Crippen LogP contribution is -2.38. The number of unbranched alkanes of at least 4 members (excludes halogenated alkanes) is 1. The minimum atomic E-state index is -3.60. The lowest BCUT2D eigenvalue weighted by Gasteiger charge is -2.25. The van der Waals surface area contributed by atoms with Gasteiger partial charge in [-0.2, -0.15) is 0 Å². The van der Waals surface area contributed by atoms with Crippen LogP contribution in [-0.2, 0) is 10.0 Å². The fourth-order valence-electron chi connectivity index (χ4n) is 3.93. The van der Waals surface area contributed by atoms with Gasteiger partial charge < -0.3 is 4.90 Å². The van der Waals surface area contributed by atoms with Crippen molar-refractivity contribution in [3.63, 3.8) is 0 Å². The van der Waals surface area contributed by atoms with Crippen LogP contribution in [0.3, 0.4) is 0 Å². The van der Waals surface area contributed by atoms with Crippen molar-refractivity contribution >= 4 is 54.2 Å². The molecule has 0 N–H and O–H groups in total. The summed E-state index contributed by atoms with van der Waals surface area (Å²) in [6.07, 6.45) is 1.70. The van der Waals surface area contributed by atoms with Crippen molar-refractivity contribution in [3.05, 3.63) is 52.5 Å². The normalized spacial score (nSPS) is 12.1. The summed E-state index contributed by atoms with van der Waals surface area (Å²) in [5.74, 6) is -0.215. The zero-order valence-electron chi connectivity index (χ0n) is 21.6. The van der Waals surface area contributed by atoms with Gasteiger partial charge in [-0.25, -0.2) is 17.7 Å². The number of hydrogen-bond acceptors (Lipinski definition) is 6. The van der Waals surface area contributed by atoms with E-state index in [1.807, 2.05) is 26.0 Å². The lowest BCUT2D eigenvalue weighted by molar-refractivity contribution is 0.0983. The first kappa shape index (κ1) is 28.5. The largest absolute Gasteiger partial charge is 0.302 e. The van der Waals surface area contributed by atoms with Gasteiger partial charge in [-0.3, -0.25) is 9.69 Å². The Hall–Kier alpha value is -2.04. The van der Waals surface area contributed by atoms with Gasteiger partial charge in [0, 0.05) is 37.3 Å². The van der Waals surface area contributed by atoms with Crippen molar-refractivity contribution in [2.45, 2.75) is 45.4 Å². The SMILES string of the molecule is CCCCN(C)S(=O)(=O)c1ccc(C(=O)N(CCN(CC)CC)c2nc3c(C)cc(Cl)cc3s2)cc1. The van der Waals surface area contributed by atoms with Crippen LogP contribution in [0.1, 0.15) is 49.5 Å². The third-order valence-electron chi connectivity index (χ3n) is 6.29. The van der Waals surface area contributed by atoms with Gasteiger partial charge in [-0.15, -0.1) is 0 Å². The molecule has 0 saturated carbocycles. The van der Waals surface area contributed by atoms with E-state index in [9.17, 15) is 13.2 Å². The van der Waals surface area contributed by atoms with Gasteiger partial charge in [-0.1, -0.05) is 50.1 Å². The molecule has 1 aromatic heterocycles. The number of benzene rings is 2. The molecule has 0 saturated heterocycles. The first-order chi connectivity index (χ1) is 17.1. The predicted octanol–water partition coefficient (Wildman–Crippen LogP) is 5.67. The summed E-state index contributed by atoms with van der Waals surface area (Å²) in [6.45, 7) is 11.5. The first-order valence-corrected chi connectivity index (χ1v) is 14.9. The van der Waals surface area contributed by atoms with Crippen LogP contribution in [0, 0.1) is 6.92 Å². The van der Waals surface area contributed by atoms with Crippen molar-refractivity contribution in [1.82, 2.24) is 14.2 Å². The number of carbonyl (C=O) groups is 1. The van der Waals surface area contributed by atoms with E-state index in [1.54, 1.807) is 24.1 Å². The summed E-state index contributed by atoms with van der Waals surface area (Å²) in [5.41, 5.74) is 2.20. The predicted molar refractivity (Wildman–Crippen MR) is 150 cm³/mol. The van der Waals surface area contributed by atoms with Crippen LogP contribution < -0.4 is 4.90 Å². The Kier molecular flexibility index (Phi) is 9.88. The highest BCUT2D eigenvalue weighted by molar-refractivity contribution is 7.89. The molecule has 0 unspecified atom stereocenters. The molecule has 36 heavy (non-hydrogen) atoms. The van der Waals surface area contributed by atoms with Crippen LogP contribution in [0.2, 0.25) is 5.02 Å². The van der Waals surface area contributed by atoms with E-state index in [-0.39, 0.29) is 10.8 Å². The number of thiazole rings is 1.